The molecule has 3 rings (SSSR count). The van der Waals surface area contributed by atoms with Gasteiger partial charge in [0.2, 0.25) is 5.91 Å². The Morgan fingerprint density at radius 3 is 2.32 bits per heavy atom. The largest absolute Gasteiger partial charge is 0.457 e. The molecule has 0 aliphatic carbocycles. The standard InChI is InChI=1S/C23H20FNO3/c24-19-9-11-20(12-10-19)28-21-8-4-5-17(15-21)16-25-23(27)14-13-22(26)18-6-2-1-3-7-18/h1-12,15H,13-14,16H2,(H,25,27). The first kappa shape index (κ1) is 19.3. The number of amides is 1. The summed E-state index contributed by atoms with van der Waals surface area (Å²) < 4.78 is 18.6. The highest BCUT2D eigenvalue weighted by Gasteiger charge is 2.09. The van der Waals surface area contributed by atoms with Gasteiger partial charge in [-0.05, 0) is 42.0 Å². The van der Waals surface area contributed by atoms with E-state index in [-0.39, 0.29) is 30.3 Å². The molecule has 0 fully saturated rings. The molecule has 0 atom stereocenters. The lowest BCUT2D eigenvalue weighted by Crippen LogP contribution is -2.23. The van der Waals surface area contributed by atoms with Gasteiger partial charge in [-0.1, -0.05) is 42.5 Å². The number of hydrogen-bond acceptors (Lipinski definition) is 3. The summed E-state index contributed by atoms with van der Waals surface area (Å²) in [6, 6.07) is 22.0. The molecule has 142 valence electrons. The summed E-state index contributed by atoms with van der Waals surface area (Å²) in [4.78, 5) is 24.1. The SMILES string of the molecule is O=C(CCC(=O)c1ccccc1)NCc1cccc(Oc2ccc(F)cc2)c1. The van der Waals surface area contributed by atoms with Crippen molar-refractivity contribution in [3.8, 4) is 11.5 Å². The molecule has 0 aliphatic heterocycles. The van der Waals surface area contributed by atoms with E-state index >= 15 is 0 Å². The number of ketones is 1. The van der Waals surface area contributed by atoms with E-state index in [9.17, 15) is 14.0 Å². The van der Waals surface area contributed by atoms with Crippen molar-refractivity contribution in [1.29, 1.82) is 0 Å². The monoisotopic (exact) mass is 377 g/mol. The van der Waals surface area contributed by atoms with Crippen LogP contribution in [0.3, 0.4) is 0 Å². The second-order valence-electron chi connectivity index (χ2n) is 6.27. The van der Waals surface area contributed by atoms with Crippen molar-refractivity contribution in [3.05, 3.63) is 95.8 Å². The number of carbonyl (C=O) groups excluding carboxylic acids is 2. The smallest absolute Gasteiger partial charge is 0.220 e. The highest BCUT2D eigenvalue weighted by molar-refractivity contribution is 5.97. The van der Waals surface area contributed by atoms with Gasteiger partial charge >= 0.3 is 0 Å². The van der Waals surface area contributed by atoms with Gasteiger partial charge in [0.15, 0.2) is 5.78 Å². The Bertz CT molecular complexity index is 940. The van der Waals surface area contributed by atoms with E-state index < -0.39 is 0 Å². The lowest BCUT2D eigenvalue weighted by atomic mass is 10.1. The van der Waals surface area contributed by atoms with Gasteiger partial charge in [0, 0.05) is 24.9 Å². The molecule has 0 bridgehead atoms. The Balaban J connectivity index is 1.48. The molecular formula is C23H20FNO3. The van der Waals surface area contributed by atoms with Crippen LogP contribution in [0.1, 0.15) is 28.8 Å². The Kier molecular flexibility index (Phi) is 6.52. The fourth-order valence-corrected chi connectivity index (χ4v) is 2.64. The molecule has 1 amide bonds. The average Bonchev–Trinajstić information content (AvgIpc) is 2.73. The third-order valence-corrected chi connectivity index (χ3v) is 4.11. The molecule has 0 aromatic heterocycles. The molecule has 3 aromatic rings. The summed E-state index contributed by atoms with van der Waals surface area (Å²) in [6.45, 7) is 0.332. The van der Waals surface area contributed by atoms with Crippen molar-refractivity contribution in [3.63, 3.8) is 0 Å². The zero-order chi connectivity index (χ0) is 19.8. The zero-order valence-electron chi connectivity index (χ0n) is 15.2. The summed E-state index contributed by atoms with van der Waals surface area (Å²) >= 11 is 0. The molecule has 28 heavy (non-hydrogen) atoms. The number of rotatable bonds is 8. The lowest BCUT2D eigenvalue weighted by molar-refractivity contribution is -0.121. The van der Waals surface area contributed by atoms with Crippen LogP contribution in [0, 0.1) is 5.82 Å². The van der Waals surface area contributed by atoms with Crippen LogP contribution in [0.5, 0.6) is 11.5 Å². The third-order valence-electron chi connectivity index (χ3n) is 4.11. The Morgan fingerprint density at radius 2 is 1.57 bits per heavy atom. The number of Topliss-reactive ketones (excluding diaryl/α,β-unsaturated/α-hetero) is 1. The molecule has 5 heteroatoms. The van der Waals surface area contributed by atoms with Gasteiger partial charge < -0.3 is 10.1 Å². The van der Waals surface area contributed by atoms with Crippen LogP contribution in [0.4, 0.5) is 4.39 Å². The van der Waals surface area contributed by atoms with Crippen molar-refractivity contribution in [2.24, 2.45) is 0 Å². The molecule has 0 unspecified atom stereocenters. The molecule has 0 radical (unpaired) electrons. The second kappa shape index (κ2) is 9.46. The Morgan fingerprint density at radius 1 is 0.821 bits per heavy atom. The lowest BCUT2D eigenvalue weighted by Gasteiger charge is -2.09. The zero-order valence-corrected chi connectivity index (χ0v) is 15.2. The molecular weight excluding hydrogens is 357 g/mol. The van der Waals surface area contributed by atoms with Crippen LogP contribution in [0.25, 0.3) is 0 Å². The van der Waals surface area contributed by atoms with Crippen LogP contribution in [-0.2, 0) is 11.3 Å². The Labute approximate surface area is 163 Å². The number of carbonyl (C=O) groups is 2. The molecule has 0 saturated carbocycles. The minimum absolute atomic E-state index is 0.0505. The van der Waals surface area contributed by atoms with Crippen LogP contribution >= 0.6 is 0 Å². The second-order valence-corrected chi connectivity index (χ2v) is 6.27. The molecule has 0 heterocycles. The maximum absolute atomic E-state index is 13.0. The third kappa shape index (κ3) is 5.77. The van der Waals surface area contributed by atoms with Gasteiger partial charge in [0.1, 0.15) is 17.3 Å². The predicted octanol–water partition coefficient (Wildman–Crippen LogP) is 4.90. The van der Waals surface area contributed by atoms with Crippen molar-refractivity contribution >= 4 is 11.7 Å². The minimum Gasteiger partial charge on any atom is -0.457 e. The topological polar surface area (TPSA) is 55.4 Å². The first-order valence-electron chi connectivity index (χ1n) is 8.97. The quantitative estimate of drug-likeness (QED) is 0.568. The van der Waals surface area contributed by atoms with Crippen molar-refractivity contribution < 1.29 is 18.7 Å². The summed E-state index contributed by atoms with van der Waals surface area (Å²) in [7, 11) is 0. The Hall–Kier alpha value is -3.47. The minimum atomic E-state index is -0.324. The summed E-state index contributed by atoms with van der Waals surface area (Å²) in [5.74, 6) is 0.564. The number of ether oxygens (including phenoxy) is 1. The summed E-state index contributed by atoms with van der Waals surface area (Å²) in [6.07, 6.45) is 0.309. The normalized spacial score (nSPS) is 10.3. The molecule has 4 nitrogen and oxygen atoms in total. The van der Waals surface area contributed by atoms with E-state index in [2.05, 4.69) is 5.32 Å². The molecule has 0 saturated heterocycles. The first-order chi connectivity index (χ1) is 13.6. The highest BCUT2D eigenvalue weighted by Crippen LogP contribution is 2.22. The molecule has 0 spiro atoms. The summed E-state index contributed by atoms with van der Waals surface area (Å²) in [5.41, 5.74) is 1.48. The van der Waals surface area contributed by atoms with Crippen LogP contribution < -0.4 is 10.1 Å². The van der Waals surface area contributed by atoms with Crippen molar-refractivity contribution in [2.45, 2.75) is 19.4 Å². The van der Waals surface area contributed by atoms with Gasteiger partial charge in [0.25, 0.3) is 0 Å². The fraction of sp³-hybridized carbons (Fsp3) is 0.130. The molecule has 3 aromatic carbocycles. The van der Waals surface area contributed by atoms with Crippen molar-refractivity contribution in [1.82, 2.24) is 5.32 Å². The van der Waals surface area contributed by atoms with Gasteiger partial charge in [-0.15, -0.1) is 0 Å². The number of halogens is 1. The maximum atomic E-state index is 13.0. The van der Waals surface area contributed by atoms with Gasteiger partial charge in [0.05, 0.1) is 0 Å². The van der Waals surface area contributed by atoms with Crippen LogP contribution in [0.2, 0.25) is 0 Å². The van der Waals surface area contributed by atoms with Gasteiger partial charge in [-0.3, -0.25) is 9.59 Å². The summed E-state index contributed by atoms with van der Waals surface area (Å²) in [5, 5.41) is 2.81. The average molecular weight is 377 g/mol. The maximum Gasteiger partial charge on any atom is 0.220 e. The van der Waals surface area contributed by atoms with E-state index in [1.165, 1.54) is 12.1 Å². The van der Waals surface area contributed by atoms with Gasteiger partial charge in [-0.2, -0.15) is 0 Å². The van der Waals surface area contributed by atoms with E-state index in [1.54, 1.807) is 48.5 Å². The fourth-order valence-electron chi connectivity index (χ4n) is 2.64. The first-order valence-corrected chi connectivity index (χ1v) is 8.97. The number of nitrogens with one attached hydrogen (secondary N) is 1. The van der Waals surface area contributed by atoms with Crippen LogP contribution in [0.15, 0.2) is 78.9 Å². The van der Waals surface area contributed by atoms with E-state index in [0.717, 1.165) is 5.56 Å². The van der Waals surface area contributed by atoms with Crippen molar-refractivity contribution in [2.75, 3.05) is 0 Å². The molecule has 1 N–H and O–H groups in total. The highest BCUT2D eigenvalue weighted by atomic mass is 19.1. The van der Waals surface area contributed by atoms with Gasteiger partial charge in [-0.25, -0.2) is 4.39 Å². The van der Waals surface area contributed by atoms with E-state index in [0.29, 0.717) is 23.6 Å². The predicted molar refractivity (Wildman–Crippen MR) is 105 cm³/mol. The number of benzene rings is 3. The van der Waals surface area contributed by atoms with E-state index in [4.69, 9.17) is 4.74 Å². The van der Waals surface area contributed by atoms with E-state index in [1.807, 2.05) is 18.2 Å². The van der Waals surface area contributed by atoms with Crippen LogP contribution in [-0.4, -0.2) is 11.7 Å². The number of hydrogen-bond donors (Lipinski definition) is 1. The molecule has 0 aliphatic rings.